The van der Waals surface area contributed by atoms with Crippen molar-refractivity contribution in [3.8, 4) is 5.88 Å². The molecule has 2 aromatic heterocycles. The Labute approximate surface area is 172 Å². The molecule has 1 amide bonds. The highest BCUT2D eigenvalue weighted by atomic mass is 16.3. The molecule has 30 heavy (non-hydrogen) atoms. The summed E-state index contributed by atoms with van der Waals surface area (Å²) in [6.45, 7) is 4.22. The Morgan fingerprint density at radius 1 is 1.20 bits per heavy atom. The maximum Gasteiger partial charge on any atom is 0.333 e. The van der Waals surface area contributed by atoms with Crippen LogP contribution in [0.25, 0.3) is 10.9 Å². The molecule has 0 saturated heterocycles. The van der Waals surface area contributed by atoms with Crippen LogP contribution in [0.1, 0.15) is 37.4 Å². The number of amides is 1. The van der Waals surface area contributed by atoms with Gasteiger partial charge in [-0.15, -0.1) is 0 Å². The molecule has 3 heterocycles. The number of para-hydroxylation sites is 1. The molecule has 3 aromatic rings. The molecular weight excluding hydrogens is 386 g/mol. The maximum absolute atomic E-state index is 12.7. The van der Waals surface area contributed by atoms with Gasteiger partial charge in [-0.05, 0) is 13.0 Å². The summed E-state index contributed by atoms with van der Waals surface area (Å²) >= 11 is 0. The SMILES string of the molecule is CCn1cc([C@H]2CC(c3c(O)n(C)c(=O)n(C)c3=O)=NN2C(C)=O)c2ccccc21. The van der Waals surface area contributed by atoms with Gasteiger partial charge >= 0.3 is 5.69 Å². The molecule has 1 aromatic carbocycles. The van der Waals surface area contributed by atoms with Crippen molar-refractivity contribution in [2.75, 3.05) is 0 Å². The third-order valence-corrected chi connectivity index (χ3v) is 5.67. The number of hydrogen-bond donors (Lipinski definition) is 1. The number of rotatable bonds is 3. The molecular formula is C21H23N5O4. The number of carbonyl (C=O) groups is 1. The zero-order valence-electron chi connectivity index (χ0n) is 17.3. The van der Waals surface area contributed by atoms with Gasteiger partial charge in [0.15, 0.2) is 0 Å². The standard InChI is InChI=1S/C21H23N5O4/c1-5-25-11-14(13-8-6-7-9-16(13)25)17-10-15(22-26(17)12(2)27)18-19(28)23(3)21(30)24(4)20(18)29/h6-9,11,17,28H,5,10H2,1-4H3/t17-/m1/s1. The molecule has 0 bridgehead atoms. The lowest BCUT2D eigenvalue weighted by atomic mass is 9.98. The van der Waals surface area contributed by atoms with Crippen molar-refractivity contribution in [2.45, 2.75) is 32.9 Å². The first kappa shape index (κ1) is 19.7. The van der Waals surface area contributed by atoms with E-state index >= 15 is 0 Å². The summed E-state index contributed by atoms with van der Waals surface area (Å²) in [5.41, 5.74) is 0.903. The minimum atomic E-state index is -0.644. The van der Waals surface area contributed by atoms with Crippen LogP contribution in [-0.4, -0.2) is 35.4 Å². The highest BCUT2D eigenvalue weighted by Gasteiger charge is 2.36. The molecule has 1 N–H and O–H groups in total. The van der Waals surface area contributed by atoms with Crippen LogP contribution >= 0.6 is 0 Å². The highest BCUT2D eigenvalue weighted by Crippen LogP contribution is 2.37. The summed E-state index contributed by atoms with van der Waals surface area (Å²) in [6.07, 6.45) is 2.25. The van der Waals surface area contributed by atoms with Gasteiger partial charge in [0.2, 0.25) is 11.8 Å². The van der Waals surface area contributed by atoms with Gasteiger partial charge in [-0.1, -0.05) is 18.2 Å². The van der Waals surface area contributed by atoms with Crippen LogP contribution in [0.2, 0.25) is 0 Å². The first-order valence-corrected chi connectivity index (χ1v) is 9.70. The van der Waals surface area contributed by atoms with Crippen molar-refractivity contribution in [3.63, 3.8) is 0 Å². The number of aromatic hydroxyl groups is 1. The topological polar surface area (TPSA) is 102 Å². The van der Waals surface area contributed by atoms with Gasteiger partial charge in [0.1, 0.15) is 5.56 Å². The van der Waals surface area contributed by atoms with E-state index in [0.29, 0.717) is 0 Å². The molecule has 4 rings (SSSR count). The van der Waals surface area contributed by atoms with Crippen LogP contribution < -0.4 is 11.2 Å². The second kappa shape index (κ2) is 7.01. The molecule has 1 aliphatic heterocycles. The van der Waals surface area contributed by atoms with E-state index in [9.17, 15) is 19.5 Å². The quantitative estimate of drug-likeness (QED) is 0.708. The van der Waals surface area contributed by atoms with Gasteiger partial charge in [-0.25, -0.2) is 9.80 Å². The average Bonchev–Trinajstić information content (AvgIpc) is 3.33. The van der Waals surface area contributed by atoms with E-state index in [1.165, 1.54) is 26.0 Å². The van der Waals surface area contributed by atoms with E-state index in [1.54, 1.807) is 0 Å². The first-order chi connectivity index (χ1) is 14.3. The van der Waals surface area contributed by atoms with Gasteiger partial charge in [-0.3, -0.25) is 18.7 Å². The van der Waals surface area contributed by atoms with Crippen LogP contribution in [0.15, 0.2) is 45.2 Å². The molecule has 0 saturated carbocycles. The molecule has 9 heteroatoms. The molecule has 0 fully saturated rings. The van der Waals surface area contributed by atoms with Crippen LogP contribution in [0.5, 0.6) is 5.88 Å². The maximum atomic E-state index is 12.7. The van der Waals surface area contributed by atoms with E-state index in [-0.39, 0.29) is 23.6 Å². The summed E-state index contributed by atoms with van der Waals surface area (Å²) in [4.78, 5) is 37.2. The normalized spacial score (nSPS) is 16.3. The van der Waals surface area contributed by atoms with Crippen LogP contribution in [0, 0.1) is 0 Å². The van der Waals surface area contributed by atoms with E-state index in [1.807, 2.05) is 37.4 Å². The Kier molecular flexibility index (Phi) is 4.60. The third-order valence-electron chi connectivity index (χ3n) is 5.67. The average molecular weight is 409 g/mol. The monoisotopic (exact) mass is 409 g/mol. The van der Waals surface area contributed by atoms with Crippen molar-refractivity contribution >= 4 is 22.5 Å². The molecule has 0 aliphatic carbocycles. The predicted octanol–water partition coefficient (Wildman–Crippen LogP) is 1.46. The Hall–Kier alpha value is -3.62. The fourth-order valence-electron chi connectivity index (χ4n) is 4.08. The van der Waals surface area contributed by atoms with Crippen molar-refractivity contribution in [1.82, 2.24) is 18.7 Å². The first-order valence-electron chi connectivity index (χ1n) is 9.70. The summed E-state index contributed by atoms with van der Waals surface area (Å²) in [6, 6.07) is 7.50. The molecule has 0 radical (unpaired) electrons. The van der Waals surface area contributed by atoms with E-state index in [4.69, 9.17) is 0 Å². The minimum absolute atomic E-state index is 0.0624. The second-order valence-electron chi connectivity index (χ2n) is 7.42. The summed E-state index contributed by atoms with van der Waals surface area (Å²) in [5, 5.41) is 17.2. The number of benzene rings is 1. The van der Waals surface area contributed by atoms with Crippen LogP contribution in [0.3, 0.4) is 0 Å². The summed E-state index contributed by atoms with van der Waals surface area (Å²) < 4.78 is 4.02. The Bertz CT molecular complexity index is 1330. The van der Waals surface area contributed by atoms with Gasteiger partial charge in [0, 0.05) is 56.6 Å². The lowest BCUT2D eigenvalue weighted by Gasteiger charge is -2.19. The minimum Gasteiger partial charge on any atom is -0.494 e. The molecule has 1 atom stereocenters. The van der Waals surface area contributed by atoms with Crippen LogP contribution in [0.4, 0.5) is 0 Å². The lowest BCUT2D eigenvalue weighted by Crippen LogP contribution is -2.39. The van der Waals surface area contributed by atoms with Crippen molar-refractivity contribution in [3.05, 3.63) is 62.4 Å². The predicted molar refractivity (Wildman–Crippen MR) is 113 cm³/mol. The molecule has 156 valence electrons. The molecule has 9 nitrogen and oxygen atoms in total. The molecule has 1 aliphatic rings. The number of hydrogen-bond acceptors (Lipinski definition) is 5. The zero-order chi connectivity index (χ0) is 21.7. The van der Waals surface area contributed by atoms with Gasteiger partial charge < -0.3 is 9.67 Å². The number of aryl methyl sites for hydroxylation is 1. The number of aromatic nitrogens is 3. The Balaban J connectivity index is 1.88. The number of carbonyl (C=O) groups excluding carboxylic acids is 1. The molecule has 0 unspecified atom stereocenters. The van der Waals surface area contributed by atoms with Crippen molar-refractivity contribution in [1.29, 1.82) is 0 Å². The van der Waals surface area contributed by atoms with E-state index in [2.05, 4.69) is 9.67 Å². The van der Waals surface area contributed by atoms with Gasteiger partial charge in [0.05, 0.1) is 11.8 Å². The largest absolute Gasteiger partial charge is 0.494 e. The van der Waals surface area contributed by atoms with Crippen molar-refractivity contribution < 1.29 is 9.90 Å². The van der Waals surface area contributed by atoms with Crippen LogP contribution in [-0.2, 0) is 25.4 Å². The van der Waals surface area contributed by atoms with Gasteiger partial charge in [0.25, 0.3) is 5.56 Å². The lowest BCUT2D eigenvalue weighted by molar-refractivity contribution is -0.130. The smallest absolute Gasteiger partial charge is 0.333 e. The number of nitrogens with zero attached hydrogens (tertiary/aromatic N) is 5. The van der Waals surface area contributed by atoms with E-state index in [0.717, 1.165) is 32.1 Å². The Morgan fingerprint density at radius 3 is 2.57 bits per heavy atom. The third kappa shape index (κ3) is 2.77. The fourth-order valence-corrected chi connectivity index (χ4v) is 4.08. The van der Waals surface area contributed by atoms with Crippen molar-refractivity contribution in [2.24, 2.45) is 19.2 Å². The zero-order valence-corrected chi connectivity index (χ0v) is 17.3. The van der Waals surface area contributed by atoms with E-state index < -0.39 is 23.2 Å². The van der Waals surface area contributed by atoms with Gasteiger partial charge in [-0.2, -0.15) is 5.10 Å². The fraction of sp³-hybridized carbons (Fsp3) is 0.333. The Morgan fingerprint density at radius 2 is 1.90 bits per heavy atom. The second-order valence-corrected chi connectivity index (χ2v) is 7.42. The molecule has 0 spiro atoms. The number of fused-ring (bicyclic) bond motifs is 1. The summed E-state index contributed by atoms with van der Waals surface area (Å²) in [5.74, 6) is -0.730. The highest BCUT2D eigenvalue weighted by molar-refractivity contribution is 6.05. The number of hydrazone groups is 1. The summed E-state index contributed by atoms with van der Waals surface area (Å²) in [7, 11) is 2.73.